The van der Waals surface area contributed by atoms with Crippen molar-refractivity contribution in [2.24, 2.45) is 0 Å². The summed E-state index contributed by atoms with van der Waals surface area (Å²) in [4.78, 5) is 0. The van der Waals surface area contributed by atoms with E-state index < -0.39 is 0 Å². The average Bonchev–Trinajstić information content (AvgIpc) is 2.54. The van der Waals surface area contributed by atoms with Crippen molar-refractivity contribution in [2.45, 2.75) is 19.4 Å². The van der Waals surface area contributed by atoms with Crippen LogP contribution in [-0.2, 0) is 17.8 Å². The smallest absolute Gasteiger partial charge is 0.104 e. The van der Waals surface area contributed by atoms with Gasteiger partial charge in [-0.05, 0) is 30.0 Å². The highest BCUT2D eigenvalue weighted by Gasteiger charge is 1.99. The van der Waals surface area contributed by atoms with E-state index in [9.17, 15) is 0 Å². The number of rotatable bonds is 6. The van der Waals surface area contributed by atoms with Crippen LogP contribution in [0.2, 0.25) is 0 Å². The van der Waals surface area contributed by atoms with Gasteiger partial charge < -0.3 is 9.84 Å². The number of aliphatic hydroxyl groups excluding tert-OH is 1. The molecule has 0 aliphatic carbocycles. The number of ether oxygens (including phenoxy) is 1. The van der Waals surface area contributed by atoms with Crippen molar-refractivity contribution in [3.63, 3.8) is 0 Å². The highest BCUT2D eigenvalue weighted by molar-refractivity contribution is 5.40. The summed E-state index contributed by atoms with van der Waals surface area (Å²) in [6.45, 7) is 1.17. The molecule has 2 aromatic rings. The molecule has 0 spiro atoms. The summed E-state index contributed by atoms with van der Waals surface area (Å²) in [5, 5.41) is 8.77. The maximum atomic E-state index is 8.77. The molecule has 0 unspecified atom stereocenters. The summed E-state index contributed by atoms with van der Waals surface area (Å²) in [6, 6.07) is 18.3. The van der Waals surface area contributed by atoms with Crippen LogP contribution in [0.3, 0.4) is 0 Å². The second-order valence-electron chi connectivity index (χ2n) is 4.76. The van der Waals surface area contributed by atoms with Crippen LogP contribution in [0, 0.1) is 11.8 Å². The molecule has 0 aromatic heterocycles. The second kappa shape index (κ2) is 8.97. The zero-order valence-corrected chi connectivity index (χ0v) is 12.1. The molecule has 108 valence electrons. The van der Waals surface area contributed by atoms with Crippen LogP contribution in [-0.4, -0.2) is 18.3 Å². The van der Waals surface area contributed by atoms with Crippen molar-refractivity contribution in [1.82, 2.24) is 0 Å². The van der Waals surface area contributed by atoms with E-state index in [1.807, 2.05) is 30.3 Å². The third kappa shape index (κ3) is 5.43. The molecule has 1 N–H and O–H groups in total. The standard InChI is InChI=1S/C19H20O2/c20-14-6-13-18-11-4-5-12-19(18)16-21-15-7-10-17-8-2-1-3-9-17/h1-5,8-9,11-12,20H,7,10,14-16H2. The molecule has 21 heavy (non-hydrogen) atoms. The maximum Gasteiger partial charge on any atom is 0.104 e. The summed E-state index contributed by atoms with van der Waals surface area (Å²) in [5.41, 5.74) is 3.34. The number of aryl methyl sites for hydroxylation is 1. The van der Waals surface area contributed by atoms with Crippen LogP contribution in [0.15, 0.2) is 54.6 Å². The molecule has 0 saturated heterocycles. The molecule has 0 saturated carbocycles. The first kappa shape index (κ1) is 15.3. The van der Waals surface area contributed by atoms with Crippen LogP contribution >= 0.6 is 0 Å². The van der Waals surface area contributed by atoms with Crippen molar-refractivity contribution in [1.29, 1.82) is 0 Å². The van der Waals surface area contributed by atoms with Gasteiger partial charge in [0, 0.05) is 12.2 Å². The predicted octanol–water partition coefficient (Wildman–Crippen LogP) is 3.18. The summed E-state index contributed by atoms with van der Waals surface area (Å²) in [6.07, 6.45) is 2.04. The van der Waals surface area contributed by atoms with Gasteiger partial charge in [-0.2, -0.15) is 0 Å². The molecule has 0 radical (unpaired) electrons. The maximum absolute atomic E-state index is 8.77. The molecule has 2 nitrogen and oxygen atoms in total. The Morgan fingerprint density at radius 1 is 0.952 bits per heavy atom. The van der Waals surface area contributed by atoms with Gasteiger partial charge in [-0.15, -0.1) is 0 Å². The van der Waals surface area contributed by atoms with E-state index in [-0.39, 0.29) is 6.61 Å². The lowest BCUT2D eigenvalue weighted by molar-refractivity contribution is 0.118. The van der Waals surface area contributed by atoms with Gasteiger partial charge in [0.15, 0.2) is 0 Å². The minimum Gasteiger partial charge on any atom is -0.384 e. The minimum absolute atomic E-state index is 0.119. The monoisotopic (exact) mass is 280 g/mol. The molecule has 0 aliphatic heterocycles. The van der Waals surface area contributed by atoms with Crippen molar-refractivity contribution in [3.8, 4) is 11.8 Å². The van der Waals surface area contributed by atoms with Gasteiger partial charge in [0.1, 0.15) is 6.61 Å². The fourth-order valence-corrected chi connectivity index (χ4v) is 2.11. The lowest BCUT2D eigenvalue weighted by atomic mass is 10.1. The van der Waals surface area contributed by atoms with Crippen LogP contribution in [0.25, 0.3) is 0 Å². The fourth-order valence-electron chi connectivity index (χ4n) is 2.11. The van der Waals surface area contributed by atoms with Gasteiger partial charge in [0.2, 0.25) is 0 Å². The van der Waals surface area contributed by atoms with Crippen LogP contribution in [0.1, 0.15) is 23.1 Å². The molecule has 0 bridgehead atoms. The Morgan fingerprint density at radius 3 is 2.52 bits per heavy atom. The molecule has 0 amide bonds. The summed E-state index contributed by atoms with van der Waals surface area (Å²) >= 11 is 0. The topological polar surface area (TPSA) is 29.5 Å². The molecular weight excluding hydrogens is 260 g/mol. The van der Waals surface area contributed by atoms with E-state index in [2.05, 4.69) is 36.1 Å². The second-order valence-corrected chi connectivity index (χ2v) is 4.76. The average molecular weight is 280 g/mol. The Kier molecular flexibility index (Phi) is 6.54. The molecule has 2 rings (SSSR count). The Balaban J connectivity index is 1.76. The largest absolute Gasteiger partial charge is 0.384 e. The molecule has 0 heterocycles. The number of hydrogen-bond donors (Lipinski definition) is 1. The van der Waals surface area contributed by atoms with Crippen molar-refractivity contribution in [2.75, 3.05) is 13.2 Å². The number of aliphatic hydroxyl groups is 1. The number of benzene rings is 2. The van der Waals surface area contributed by atoms with Gasteiger partial charge in [-0.3, -0.25) is 0 Å². The van der Waals surface area contributed by atoms with Crippen LogP contribution < -0.4 is 0 Å². The van der Waals surface area contributed by atoms with Crippen LogP contribution in [0.4, 0.5) is 0 Å². The SMILES string of the molecule is OCC#Cc1ccccc1COCCCc1ccccc1. The first-order valence-electron chi connectivity index (χ1n) is 7.19. The quantitative estimate of drug-likeness (QED) is 0.650. The summed E-state index contributed by atoms with van der Waals surface area (Å²) < 4.78 is 5.73. The van der Waals surface area contributed by atoms with Crippen LogP contribution in [0.5, 0.6) is 0 Å². The highest BCUT2D eigenvalue weighted by Crippen LogP contribution is 2.09. The van der Waals surface area contributed by atoms with Crippen molar-refractivity contribution < 1.29 is 9.84 Å². The van der Waals surface area contributed by atoms with Gasteiger partial charge in [-0.1, -0.05) is 60.4 Å². The fraction of sp³-hybridized carbons (Fsp3) is 0.263. The van der Waals surface area contributed by atoms with Gasteiger partial charge in [0.05, 0.1) is 6.61 Å². The van der Waals surface area contributed by atoms with Gasteiger partial charge in [-0.25, -0.2) is 0 Å². The lowest BCUT2D eigenvalue weighted by Gasteiger charge is -2.06. The molecular formula is C19H20O2. The minimum atomic E-state index is -0.119. The Labute approximate surface area is 126 Å². The first-order chi connectivity index (χ1) is 10.4. The third-order valence-electron chi connectivity index (χ3n) is 3.17. The Morgan fingerprint density at radius 2 is 1.71 bits per heavy atom. The normalized spacial score (nSPS) is 9.95. The third-order valence-corrected chi connectivity index (χ3v) is 3.17. The highest BCUT2D eigenvalue weighted by atomic mass is 16.5. The number of hydrogen-bond acceptors (Lipinski definition) is 2. The van der Waals surface area contributed by atoms with E-state index in [0.717, 1.165) is 30.6 Å². The van der Waals surface area contributed by atoms with E-state index in [4.69, 9.17) is 9.84 Å². The van der Waals surface area contributed by atoms with E-state index in [0.29, 0.717) is 6.61 Å². The Bertz CT molecular complexity index is 594. The lowest BCUT2D eigenvalue weighted by Crippen LogP contribution is -1.99. The van der Waals surface area contributed by atoms with Gasteiger partial charge in [0.25, 0.3) is 0 Å². The summed E-state index contributed by atoms with van der Waals surface area (Å²) in [5.74, 6) is 5.63. The van der Waals surface area contributed by atoms with E-state index in [1.165, 1.54) is 5.56 Å². The van der Waals surface area contributed by atoms with Crippen molar-refractivity contribution in [3.05, 3.63) is 71.3 Å². The zero-order chi connectivity index (χ0) is 14.8. The molecule has 2 aromatic carbocycles. The van der Waals surface area contributed by atoms with Crippen molar-refractivity contribution >= 4 is 0 Å². The predicted molar refractivity (Wildman–Crippen MR) is 84.8 cm³/mol. The molecule has 0 fully saturated rings. The molecule has 0 aliphatic rings. The first-order valence-corrected chi connectivity index (χ1v) is 7.19. The van der Waals surface area contributed by atoms with Gasteiger partial charge >= 0.3 is 0 Å². The van der Waals surface area contributed by atoms with E-state index >= 15 is 0 Å². The molecule has 0 atom stereocenters. The molecule has 2 heteroatoms. The summed E-state index contributed by atoms with van der Waals surface area (Å²) in [7, 11) is 0. The Hall–Kier alpha value is -2.08. The zero-order valence-electron chi connectivity index (χ0n) is 12.1. The van der Waals surface area contributed by atoms with E-state index in [1.54, 1.807) is 0 Å².